The van der Waals surface area contributed by atoms with Crippen LogP contribution in [-0.2, 0) is 27.0 Å². The predicted molar refractivity (Wildman–Crippen MR) is 108 cm³/mol. The minimum absolute atomic E-state index is 0.0177. The molecule has 0 spiro atoms. The Morgan fingerprint density at radius 1 is 1.03 bits per heavy atom. The zero-order valence-corrected chi connectivity index (χ0v) is 17.9. The third-order valence-electron chi connectivity index (χ3n) is 4.48. The van der Waals surface area contributed by atoms with Crippen molar-refractivity contribution in [2.24, 2.45) is 0 Å². The van der Waals surface area contributed by atoms with Crippen molar-refractivity contribution in [2.75, 3.05) is 40.1 Å². The van der Waals surface area contributed by atoms with Gasteiger partial charge in [-0.15, -0.1) is 0 Å². The average Bonchev–Trinajstić information content (AvgIpc) is 2.76. The Hall–Kier alpha value is -3.02. The maximum Gasteiger partial charge on any atom is 0.419 e. The van der Waals surface area contributed by atoms with Gasteiger partial charge in [0.2, 0.25) is 0 Å². The minimum atomic E-state index is -4.69. The summed E-state index contributed by atoms with van der Waals surface area (Å²) in [6.45, 7) is -0.548. The predicted octanol–water partition coefficient (Wildman–Crippen LogP) is 4.67. The van der Waals surface area contributed by atoms with E-state index in [0.717, 1.165) is 11.0 Å². The van der Waals surface area contributed by atoms with Gasteiger partial charge in [0.1, 0.15) is 18.1 Å². The number of hydrogen-bond acceptors (Lipinski definition) is 6. The van der Waals surface area contributed by atoms with Gasteiger partial charge in [-0.1, -0.05) is 6.07 Å². The van der Waals surface area contributed by atoms with Crippen LogP contribution in [-0.4, -0.2) is 46.4 Å². The summed E-state index contributed by atoms with van der Waals surface area (Å²) in [6, 6.07) is 8.32. The van der Waals surface area contributed by atoms with Crippen molar-refractivity contribution in [1.29, 1.82) is 0 Å². The molecule has 0 aliphatic carbocycles. The molecule has 0 unspecified atom stereocenters. The zero-order valence-electron chi connectivity index (χ0n) is 17.9. The summed E-state index contributed by atoms with van der Waals surface area (Å²) in [5, 5.41) is 9.02. The molecule has 0 heterocycles. The summed E-state index contributed by atoms with van der Waals surface area (Å²) < 4.78 is 66.9. The van der Waals surface area contributed by atoms with E-state index >= 15 is 0 Å². The molecule has 0 bridgehead atoms. The summed E-state index contributed by atoms with van der Waals surface area (Å²) in [6.07, 6.45) is -6.97. The van der Waals surface area contributed by atoms with Crippen LogP contribution in [0.25, 0.3) is 0 Å². The third-order valence-corrected chi connectivity index (χ3v) is 4.48. The maximum absolute atomic E-state index is 13.6. The number of amides is 1. The van der Waals surface area contributed by atoms with E-state index in [1.54, 1.807) is 12.1 Å². The highest BCUT2D eigenvalue weighted by Crippen LogP contribution is 2.43. The van der Waals surface area contributed by atoms with Gasteiger partial charge in [-0.05, 0) is 30.3 Å². The van der Waals surface area contributed by atoms with E-state index < -0.39 is 36.7 Å². The van der Waals surface area contributed by atoms with Crippen LogP contribution in [0.1, 0.15) is 23.0 Å². The number of ether oxygens (including phenoxy) is 5. The van der Waals surface area contributed by atoms with Gasteiger partial charge in [0.15, 0.2) is 13.1 Å². The lowest BCUT2D eigenvalue weighted by Gasteiger charge is -2.24. The van der Waals surface area contributed by atoms with Crippen LogP contribution < -0.4 is 14.4 Å². The van der Waals surface area contributed by atoms with Crippen LogP contribution >= 0.6 is 0 Å². The molecule has 32 heavy (non-hydrogen) atoms. The first kappa shape index (κ1) is 25.2. The molecule has 2 rings (SSSR count). The summed E-state index contributed by atoms with van der Waals surface area (Å²) in [5.41, 5.74) is -0.226. The number of hydrogen-bond donors (Lipinski definition) is 1. The lowest BCUT2D eigenvalue weighted by atomic mass is 10.0. The standard InChI is InChI=1S/C21H24F3NO7/c1-25(20(26)27)14-6-8-15(9-7-14)31-11-13-5-10-16(21(22,23)24)18(32-12-28-2)17(13)19(29-3)30-4/h5-10,19H,11-12H2,1-4H3,(H,26,27). The van der Waals surface area contributed by atoms with Gasteiger partial charge in [-0.2, -0.15) is 13.2 Å². The van der Waals surface area contributed by atoms with Crippen molar-refractivity contribution < 1.29 is 46.8 Å². The maximum atomic E-state index is 13.6. The van der Waals surface area contributed by atoms with E-state index in [1.165, 1.54) is 46.6 Å². The van der Waals surface area contributed by atoms with Crippen molar-refractivity contribution >= 4 is 11.8 Å². The lowest BCUT2D eigenvalue weighted by molar-refractivity contribution is -0.141. The quantitative estimate of drug-likeness (QED) is 0.517. The van der Waals surface area contributed by atoms with Gasteiger partial charge < -0.3 is 28.8 Å². The molecule has 0 aromatic heterocycles. The first-order valence-corrected chi connectivity index (χ1v) is 9.23. The van der Waals surface area contributed by atoms with Gasteiger partial charge in [0, 0.05) is 39.6 Å². The molecule has 1 amide bonds. The van der Waals surface area contributed by atoms with E-state index in [0.29, 0.717) is 17.0 Å². The van der Waals surface area contributed by atoms with Gasteiger partial charge in [0.05, 0.1) is 11.1 Å². The third kappa shape index (κ3) is 6.02. The number of carboxylic acid groups (broad SMARTS) is 1. The van der Waals surface area contributed by atoms with Crippen LogP contribution in [0, 0.1) is 0 Å². The monoisotopic (exact) mass is 459 g/mol. The number of alkyl halides is 3. The van der Waals surface area contributed by atoms with Crippen LogP contribution in [0.15, 0.2) is 36.4 Å². The summed E-state index contributed by atoms with van der Waals surface area (Å²) in [7, 11) is 5.26. The molecule has 0 saturated carbocycles. The molecular formula is C21H24F3NO7. The number of nitrogens with zero attached hydrogens (tertiary/aromatic N) is 1. The highest BCUT2D eigenvalue weighted by molar-refractivity contribution is 5.85. The minimum Gasteiger partial charge on any atom is -0.489 e. The molecule has 0 saturated heterocycles. The molecule has 0 aliphatic rings. The molecule has 2 aromatic rings. The van der Waals surface area contributed by atoms with Crippen molar-refractivity contribution in [1.82, 2.24) is 0 Å². The second kappa shape index (κ2) is 11.0. The number of rotatable bonds is 10. The normalized spacial score (nSPS) is 11.5. The molecule has 1 N–H and O–H groups in total. The second-order valence-electron chi connectivity index (χ2n) is 6.49. The van der Waals surface area contributed by atoms with E-state index in [-0.39, 0.29) is 12.2 Å². The van der Waals surface area contributed by atoms with Gasteiger partial charge >= 0.3 is 12.3 Å². The Morgan fingerprint density at radius 2 is 1.66 bits per heavy atom. The molecular weight excluding hydrogens is 435 g/mol. The lowest BCUT2D eigenvalue weighted by Crippen LogP contribution is -2.23. The first-order valence-electron chi connectivity index (χ1n) is 9.23. The van der Waals surface area contributed by atoms with Crippen molar-refractivity contribution in [2.45, 2.75) is 19.1 Å². The summed E-state index contributed by atoms with van der Waals surface area (Å²) >= 11 is 0. The number of halogens is 3. The number of benzene rings is 2. The van der Waals surface area contributed by atoms with Crippen molar-refractivity contribution in [3.05, 3.63) is 53.1 Å². The van der Waals surface area contributed by atoms with Crippen molar-refractivity contribution in [3.63, 3.8) is 0 Å². The fourth-order valence-electron chi connectivity index (χ4n) is 2.89. The first-order chi connectivity index (χ1) is 15.1. The Morgan fingerprint density at radius 3 is 2.16 bits per heavy atom. The Balaban J connectivity index is 2.40. The highest BCUT2D eigenvalue weighted by Gasteiger charge is 2.38. The van der Waals surface area contributed by atoms with Gasteiger partial charge in [-0.25, -0.2) is 4.79 Å². The molecule has 0 radical (unpaired) electrons. The van der Waals surface area contributed by atoms with Crippen LogP contribution in [0.5, 0.6) is 11.5 Å². The van der Waals surface area contributed by atoms with Crippen molar-refractivity contribution in [3.8, 4) is 11.5 Å². The van der Waals surface area contributed by atoms with Gasteiger partial charge in [-0.3, -0.25) is 4.90 Å². The second-order valence-corrected chi connectivity index (χ2v) is 6.49. The molecule has 176 valence electrons. The number of carbonyl (C=O) groups is 1. The fourth-order valence-corrected chi connectivity index (χ4v) is 2.89. The molecule has 2 aromatic carbocycles. The summed E-state index contributed by atoms with van der Waals surface area (Å²) in [4.78, 5) is 12.1. The van der Waals surface area contributed by atoms with Crippen LogP contribution in [0.2, 0.25) is 0 Å². The summed E-state index contributed by atoms with van der Waals surface area (Å²) in [5.74, 6) is -0.100. The zero-order chi connectivity index (χ0) is 23.9. The highest BCUT2D eigenvalue weighted by atomic mass is 19.4. The van der Waals surface area contributed by atoms with E-state index in [4.69, 9.17) is 28.8 Å². The van der Waals surface area contributed by atoms with Gasteiger partial charge in [0.25, 0.3) is 0 Å². The van der Waals surface area contributed by atoms with Crippen LogP contribution in [0.3, 0.4) is 0 Å². The molecule has 11 heteroatoms. The molecule has 0 aliphatic heterocycles. The van der Waals surface area contributed by atoms with Crippen LogP contribution in [0.4, 0.5) is 23.7 Å². The largest absolute Gasteiger partial charge is 0.489 e. The Bertz CT molecular complexity index is 900. The number of methoxy groups -OCH3 is 3. The van der Waals surface area contributed by atoms with E-state index in [9.17, 15) is 18.0 Å². The Kier molecular flexibility index (Phi) is 8.70. The Labute approximate surface area is 183 Å². The number of anilines is 1. The van der Waals surface area contributed by atoms with E-state index in [1.807, 2.05) is 0 Å². The molecule has 0 fully saturated rings. The topological polar surface area (TPSA) is 86.7 Å². The molecule has 0 atom stereocenters. The smallest absolute Gasteiger partial charge is 0.419 e. The molecule has 8 nitrogen and oxygen atoms in total. The SMILES string of the molecule is COCOc1c(C(F)(F)F)ccc(COc2ccc(N(C)C(=O)O)cc2)c1C(OC)OC. The fraction of sp³-hybridized carbons (Fsp3) is 0.381. The average molecular weight is 459 g/mol. The van der Waals surface area contributed by atoms with E-state index in [2.05, 4.69) is 0 Å².